The van der Waals surface area contributed by atoms with Gasteiger partial charge in [-0.05, 0) is 35.1 Å². The molecule has 0 bridgehead atoms. The number of rotatable bonds is 4. The first kappa shape index (κ1) is 10.7. The Morgan fingerprint density at radius 2 is 2.54 bits per heavy atom. The van der Waals surface area contributed by atoms with E-state index in [0.717, 1.165) is 14.9 Å². The Hall–Kier alpha value is -0.360. The van der Waals surface area contributed by atoms with Gasteiger partial charge in [-0.25, -0.2) is 0 Å². The van der Waals surface area contributed by atoms with E-state index in [4.69, 9.17) is 0 Å². The summed E-state index contributed by atoms with van der Waals surface area (Å²) in [6.07, 6.45) is 2.60. The van der Waals surface area contributed by atoms with E-state index in [9.17, 15) is 4.79 Å². The van der Waals surface area contributed by atoms with Crippen molar-refractivity contribution < 1.29 is 4.79 Å². The number of amides is 1. The van der Waals surface area contributed by atoms with Gasteiger partial charge in [0.15, 0.2) is 0 Å². The first-order valence-electron chi connectivity index (χ1n) is 3.87. The third-order valence-corrected chi connectivity index (χ3v) is 3.25. The number of carbonyl (C=O) groups excluding carboxylic acids is 1. The summed E-state index contributed by atoms with van der Waals surface area (Å²) < 4.78 is 1.13. The van der Waals surface area contributed by atoms with Crippen LogP contribution in [0.2, 0.25) is 0 Å². The molecule has 1 aromatic rings. The van der Waals surface area contributed by atoms with Crippen molar-refractivity contribution in [1.29, 1.82) is 0 Å². The van der Waals surface area contributed by atoms with Gasteiger partial charge in [-0.15, -0.1) is 17.9 Å². The summed E-state index contributed by atoms with van der Waals surface area (Å²) >= 11 is 3.78. The molecule has 1 N–H and O–H groups in total. The van der Waals surface area contributed by atoms with Crippen molar-refractivity contribution >= 4 is 39.8 Å². The molecule has 0 spiro atoms. The molecule has 1 amide bonds. The highest BCUT2D eigenvalue weighted by Crippen LogP contribution is 2.16. The Labute approximate surface area is 95.2 Å². The largest absolute Gasteiger partial charge is 0.352 e. The van der Waals surface area contributed by atoms with Gasteiger partial charge >= 0.3 is 0 Å². The molecule has 0 radical (unpaired) electrons. The molecule has 0 aliphatic heterocycles. The van der Waals surface area contributed by atoms with Crippen LogP contribution in [0.4, 0.5) is 0 Å². The van der Waals surface area contributed by atoms with Crippen molar-refractivity contribution in [2.24, 2.45) is 0 Å². The molecule has 0 aromatic carbocycles. The monoisotopic (exact) mass is 307 g/mol. The molecule has 1 aromatic heterocycles. The summed E-state index contributed by atoms with van der Waals surface area (Å²) in [6, 6.07) is 1.88. The lowest BCUT2D eigenvalue weighted by atomic mass is 10.3. The molecule has 2 nitrogen and oxygen atoms in total. The second kappa shape index (κ2) is 5.39. The molecule has 0 fully saturated rings. The molecule has 1 rings (SSSR count). The Morgan fingerprint density at radius 3 is 3.08 bits per heavy atom. The zero-order valence-corrected chi connectivity index (χ0v) is 10.0. The summed E-state index contributed by atoms with van der Waals surface area (Å²) in [5, 5.41) is 4.67. The predicted molar refractivity (Wildman–Crippen MR) is 64.2 cm³/mol. The highest BCUT2D eigenvalue weighted by atomic mass is 127. The van der Waals surface area contributed by atoms with Crippen LogP contribution < -0.4 is 5.32 Å². The standard InChI is InChI=1S/C9H10INOS/c1-2-3-4-11-9(12)7-5-8(10)13-6-7/h2,5-6H,1,3-4H2,(H,11,12). The van der Waals surface area contributed by atoms with Crippen molar-refractivity contribution in [3.05, 3.63) is 32.5 Å². The van der Waals surface area contributed by atoms with Gasteiger partial charge < -0.3 is 5.32 Å². The first-order valence-corrected chi connectivity index (χ1v) is 5.83. The summed E-state index contributed by atoms with van der Waals surface area (Å²) in [5.74, 6) is 0.000941. The summed E-state index contributed by atoms with van der Waals surface area (Å²) in [6.45, 7) is 4.25. The van der Waals surface area contributed by atoms with Gasteiger partial charge in [-0.3, -0.25) is 4.79 Å². The minimum Gasteiger partial charge on any atom is -0.352 e. The molecule has 0 saturated heterocycles. The highest BCUT2D eigenvalue weighted by molar-refractivity contribution is 14.1. The summed E-state index contributed by atoms with van der Waals surface area (Å²) in [4.78, 5) is 11.4. The van der Waals surface area contributed by atoms with Crippen LogP contribution >= 0.6 is 33.9 Å². The van der Waals surface area contributed by atoms with Crippen LogP contribution in [0.15, 0.2) is 24.1 Å². The van der Waals surface area contributed by atoms with E-state index in [-0.39, 0.29) is 5.91 Å². The minimum atomic E-state index is 0.000941. The Morgan fingerprint density at radius 1 is 1.77 bits per heavy atom. The van der Waals surface area contributed by atoms with E-state index < -0.39 is 0 Å². The van der Waals surface area contributed by atoms with E-state index in [1.54, 1.807) is 17.4 Å². The Kier molecular flexibility index (Phi) is 4.44. The van der Waals surface area contributed by atoms with Crippen LogP contribution in [0.1, 0.15) is 16.8 Å². The van der Waals surface area contributed by atoms with Gasteiger partial charge in [0.1, 0.15) is 0 Å². The molecule has 4 heteroatoms. The second-order valence-electron chi connectivity index (χ2n) is 2.47. The molecule has 0 atom stereocenters. The Balaban J connectivity index is 2.44. The van der Waals surface area contributed by atoms with Crippen LogP contribution in [-0.2, 0) is 0 Å². The van der Waals surface area contributed by atoms with E-state index in [0.29, 0.717) is 6.54 Å². The van der Waals surface area contributed by atoms with Crippen molar-refractivity contribution in [2.75, 3.05) is 6.54 Å². The predicted octanol–water partition coefficient (Wildman–Crippen LogP) is 2.66. The van der Waals surface area contributed by atoms with Gasteiger partial charge in [-0.1, -0.05) is 6.08 Å². The van der Waals surface area contributed by atoms with Gasteiger partial charge in [-0.2, -0.15) is 0 Å². The lowest BCUT2D eigenvalue weighted by molar-refractivity contribution is 0.0955. The number of halogens is 1. The molecular formula is C9H10INOS. The maximum absolute atomic E-state index is 11.4. The number of thiophene rings is 1. The third-order valence-electron chi connectivity index (χ3n) is 1.46. The molecule has 13 heavy (non-hydrogen) atoms. The van der Waals surface area contributed by atoms with E-state index in [2.05, 4.69) is 34.5 Å². The molecule has 0 aliphatic rings. The number of carbonyl (C=O) groups is 1. The fraction of sp³-hybridized carbons (Fsp3) is 0.222. The maximum atomic E-state index is 11.4. The van der Waals surface area contributed by atoms with Crippen LogP contribution in [-0.4, -0.2) is 12.5 Å². The fourth-order valence-electron chi connectivity index (χ4n) is 0.819. The zero-order chi connectivity index (χ0) is 9.68. The van der Waals surface area contributed by atoms with Crippen LogP contribution in [0.5, 0.6) is 0 Å². The van der Waals surface area contributed by atoms with Crippen molar-refractivity contribution in [3.8, 4) is 0 Å². The average Bonchev–Trinajstić information content (AvgIpc) is 2.52. The third kappa shape index (κ3) is 3.48. The molecule has 70 valence electrons. The molecule has 0 saturated carbocycles. The normalized spacial score (nSPS) is 9.62. The number of hydrogen-bond acceptors (Lipinski definition) is 2. The summed E-state index contributed by atoms with van der Waals surface area (Å²) in [7, 11) is 0. The lowest BCUT2D eigenvalue weighted by Crippen LogP contribution is -2.23. The highest BCUT2D eigenvalue weighted by Gasteiger charge is 2.05. The van der Waals surface area contributed by atoms with E-state index in [1.165, 1.54) is 0 Å². The molecule has 0 aliphatic carbocycles. The lowest BCUT2D eigenvalue weighted by Gasteiger charge is -1.99. The Bertz CT molecular complexity index is 308. The zero-order valence-electron chi connectivity index (χ0n) is 7.05. The van der Waals surface area contributed by atoms with E-state index >= 15 is 0 Å². The van der Waals surface area contributed by atoms with Gasteiger partial charge in [0.2, 0.25) is 0 Å². The molecule has 1 heterocycles. The number of hydrogen-bond donors (Lipinski definition) is 1. The van der Waals surface area contributed by atoms with Gasteiger partial charge in [0.25, 0.3) is 5.91 Å². The quantitative estimate of drug-likeness (QED) is 0.517. The van der Waals surface area contributed by atoms with Crippen molar-refractivity contribution in [3.63, 3.8) is 0 Å². The topological polar surface area (TPSA) is 29.1 Å². The number of nitrogens with one attached hydrogen (secondary N) is 1. The van der Waals surface area contributed by atoms with Crippen molar-refractivity contribution in [2.45, 2.75) is 6.42 Å². The van der Waals surface area contributed by atoms with Crippen LogP contribution in [0.25, 0.3) is 0 Å². The average molecular weight is 307 g/mol. The molecule has 0 unspecified atom stereocenters. The van der Waals surface area contributed by atoms with Crippen LogP contribution in [0.3, 0.4) is 0 Å². The van der Waals surface area contributed by atoms with E-state index in [1.807, 2.05) is 11.4 Å². The molecular weight excluding hydrogens is 297 g/mol. The fourth-order valence-corrected chi connectivity index (χ4v) is 2.15. The van der Waals surface area contributed by atoms with Gasteiger partial charge in [0.05, 0.1) is 8.45 Å². The second-order valence-corrected chi connectivity index (χ2v) is 5.28. The maximum Gasteiger partial charge on any atom is 0.252 e. The van der Waals surface area contributed by atoms with Crippen molar-refractivity contribution in [1.82, 2.24) is 5.32 Å². The smallest absolute Gasteiger partial charge is 0.252 e. The first-order chi connectivity index (χ1) is 6.24. The van der Waals surface area contributed by atoms with Gasteiger partial charge in [0, 0.05) is 11.9 Å². The minimum absolute atomic E-state index is 0.000941. The summed E-state index contributed by atoms with van der Waals surface area (Å²) in [5.41, 5.74) is 0.749. The SMILES string of the molecule is C=CCCNC(=O)c1csc(I)c1. The van der Waals surface area contributed by atoms with Crippen LogP contribution in [0, 0.1) is 2.88 Å².